The molecule has 0 aromatic heterocycles. The van der Waals surface area contributed by atoms with Gasteiger partial charge in [0, 0.05) is 33.9 Å². The lowest BCUT2D eigenvalue weighted by Crippen LogP contribution is -2.40. The minimum Gasteiger partial charge on any atom is -0.465 e. The summed E-state index contributed by atoms with van der Waals surface area (Å²) in [6.45, 7) is 6.04. The van der Waals surface area contributed by atoms with Crippen molar-refractivity contribution in [1.29, 1.82) is 0 Å². The summed E-state index contributed by atoms with van der Waals surface area (Å²) in [4.78, 5) is 13.9. The number of rotatable bonds is 12. The molecule has 0 saturated heterocycles. The Labute approximate surface area is 116 Å². The van der Waals surface area contributed by atoms with Gasteiger partial charge in [-0.25, -0.2) is 0 Å². The molecule has 0 aliphatic carbocycles. The van der Waals surface area contributed by atoms with Crippen LogP contribution in [0, 0.1) is 0 Å². The van der Waals surface area contributed by atoms with E-state index in [1.54, 1.807) is 21.3 Å². The molecular formula is C13H28N2O4. The second kappa shape index (κ2) is 12.3. The summed E-state index contributed by atoms with van der Waals surface area (Å²) < 4.78 is 15.2. The van der Waals surface area contributed by atoms with Gasteiger partial charge in [0.25, 0.3) is 0 Å². The van der Waals surface area contributed by atoms with Crippen molar-refractivity contribution >= 4 is 5.97 Å². The monoisotopic (exact) mass is 276 g/mol. The summed E-state index contributed by atoms with van der Waals surface area (Å²) >= 11 is 0. The normalized spacial score (nSPS) is 12.7. The lowest BCUT2D eigenvalue weighted by molar-refractivity contribution is -0.145. The molecule has 1 unspecified atom stereocenters. The molecule has 0 heterocycles. The third-order valence-electron chi connectivity index (χ3n) is 2.88. The highest BCUT2D eigenvalue weighted by atomic mass is 16.5. The standard InChI is InChI=1S/C13H28N2O4/c1-5-19-13(16)12(14-2)6-7-15(8-10-17-3)9-11-18-4/h12,14H,5-11H2,1-4H3. The summed E-state index contributed by atoms with van der Waals surface area (Å²) in [6.07, 6.45) is 0.711. The van der Waals surface area contributed by atoms with E-state index in [2.05, 4.69) is 10.2 Å². The molecule has 114 valence electrons. The lowest BCUT2D eigenvalue weighted by atomic mass is 10.2. The van der Waals surface area contributed by atoms with Gasteiger partial charge in [-0.3, -0.25) is 9.69 Å². The predicted octanol–water partition coefficient (Wildman–Crippen LogP) is 0.122. The van der Waals surface area contributed by atoms with Crippen molar-refractivity contribution in [3.63, 3.8) is 0 Å². The molecular weight excluding hydrogens is 248 g/mol. The van der Waals surface area contributed by atoms with Gasteiger partial charge >= 0.3 is 5.97 Å². The molecule has 0 aliphatic heterocycles. The van der Waals surface area contributed by atoms with Crippen molar-refractivity contribution in [3.8, 4) is 0 Å². The molecule has 1 atom stereocenters. The Morgan fingerprint density at radius 3 is 2.16 bits per heavy atom. The van der Waals surface area contributed by atoms with Gasteiger partial charge in [-0.1, -0.05) is 0 Å². The zero-order valence-electron chi connectivity index (χ0n) is 12.6. The zero-order chi connectivity index (χ0) is 14.5. The number of methoxy groups -OCH3 is 2. The molecule has 0 radical (unpaired) electrons. The Morgan fingerprint density at radius 1 is 1.16 bits per heavy atom. The molecule has 0 bridgehead atoms. The highest BCUT2D eigenvalue weighted by Gasteiger charge is 2.18. The van der Waals surface area contributed by atoms with Gasteiger partial charge in [0.15, 0.2) is 0 Å². The molecule has 0 fully saturated rings. The number of carbonyl (C=O) groups is 1. The fraction of sp³-hybridized carbons (Fsp3) is 0.923. The number of esters is 1. The van der Waals surface area contributed by atoms with Gasteiger partial charge in [-0.2, -0.15) is 0 Å². The van der Waals surface area contributed by atoms with E-state index < -0.39 is 0 Å². The van der Waals surface area contributed by atoms with Gasteiger partial charge in [0.2, 0.25) is 0 Å². The van der Waals surface area contributed by atoms with Gasteiger partial charge in [-0.05, 0) is 20.4 Å². The first-order valence-corrected chi connectivity index (χ1v) is 6.73. The second-order valence-electron chi connectivity index (χ2n) is 4.21. The summed E-state index contributed by atoms with van der Waals surface area (Å²) in [5.74, 6) is -0.191. The summed E-state index contributed by atoms with van der Waals surface area (Å²) in [6, 6.07) is -0.257. The van der Waals surface area contributed by atoms with E-state index >= 15 is 0 Å². The van der Waals surface area contributed by atoms with E-state index in [1.807, 2.05) is 6.92 Å². The number of hydrogen-bond acceptors (Lipinski definition) is 6. The summed E-state index contributed by atoms with van der Waals surface area (Å²) in [7, 11) is 5.14. The minimum absolute atomic E-state index is 0.191. The third kappa shape index (κ3) is 8.93. The molecule has 0 spiro atoms. The first-order chi connectivity index (χ1) is 9.19. The van der Waals surface area contributed by atoms with Crippen LogP contribution in [0.25, 0.3) is 0 Å². The van der Waals surface area contributed by atoms with Crippen molar-refractivity contribution < 1.29 is 19.0 Å². The van der Waals surface area contributed by atoms with E-state index in [-0.39, 0.29) is 12.0 Å². The fourth-order valence-corrected chi connectivity index (χ4v) is 1.71. The number of carbonyl (C=O) groups excluding carboxylic acids is 1. The first-order valence-electron chi connectivity index (χ1n) is 6.73. The third-order valence-corrected chi connectivity index (χ3v) is 2.88. The maximum absolute atomic E-state index is 11.7. The van der Waals surface area contributed by atoms with E-state index in [0.29, 0.717) is 26.2 Å². The maximum Gasteiger partial charge on any atom is 0.323 e. The van der Waals surface area contributed by atoms with Crippen LogP contribution in [-0.4, -0.2) is 77.6 Å². The largest absolute Gasteiger partial charge is 0.465 e. The van der Waals surface area contributed by atoms with E-state index in [9.17, 15) is 4.79 Å². The van der Waals surface area contributed by atoms with Crippen LogP contribution in [0.3, 0.4) is 0 Å². The van der Waals surface area contributed by atoms with Crippen LogP contribution in [0.1, 0.15) is 13.3 Å². The zero-order valence-corrected chi connectivity index (χ0v) is 12.6. The molecule has 19 heavy (non-hydrogen) atoms. The van der Waals surface area contributed by atoms with Crippen molar-refractivity contribution in [2.75, 3.05) is 60.7 Å². The fourth-order valence-electron chi connectivity index (χ4n) is 1.71. The number of hydrogen-bond donors (Lipinski definition) is 1. The number of ether oxygens (including phenoxy) is 3. The molecule has 6 nitrogen and oxygen atoms in total. The molecule has 0 saturated carbocycles. The van der Waals surface area contributed by atoms with Crippen molar-refractivity contribution in [2.24, 2.45) is 0 Å². The smallest absolute Gasteiger partial charge is 0.323 e. The minimum atomic E-state index is -0.257. The van der Waals surface area contributed by atoms with Crippen LogP contribution < -0.4 is 5.32 Å². The van der Waals surface area contributed by atoms with Gasteiger partial charge in [0.1, 0.15) is 6.04 Å². The average Bonchev–Trinajstić information content (AvgIpc) is 2.41. The van der Waals surface area contributed by atoms with Gasteiger partial charge in [0.05, 0.1) is 19.8 Å². The molecule has 0 amide bonds. The number of nitrogens with one attached hydrogen (secondary N) is 1. The molecule has 0 aliphatic rings. The van der Waals surface area contributed by atoms with Crippen LogP contribution in [0.4, 0.5) is 0 Å². The van der Waals surface area contributed by atoms with Crippen LogP contribution >= 0.6 is 0 Å². The highest BCUT2D eigenvalue weighted by Crippen LogP contribution is 1.99. The lowest BCUT2D eigenvalue weighted by Gasteiger charge is -2.23. The first kappa shape index (κ1) is 18.3. The van der Waals surface area contributed by atoms with Crippen LogP contribution in [-0.2, 0) is 19.0 Å². The summed E-state index contributed by atoms with van der Waals surface area (Å²) in [5.41, 5.74) is 0. The van der Waals surface area contributed by atoms with Crippen LogP contribution in [0.2, 0.25) is 0 Å². The van der Waals surface area contributed by atoms with Gasteiger partial charge in [-0.15, -0.1) is 0 Å². The van der Waals surface area contributed by atoms with Crippen LogP contribution in [0.5, 0.6) is 0 Å². The van der Waals surface area contributed by atoms with Crippen molar-refractivity contribution in [3.05, 3.63) is 0 Å². The average molecular weight is 276 g/mol. The number of nitrogens with zero attached hydrogens (tertiary/aromatic N) is 1. The molecule has 0 rings (SSSR count). The Balaban J connectivity index is 4.12. The Hall–Kier alpha value is -0.690. The van der Waals surface area contributed by atoms with Crippen LogP contribution in [0.15, 0.2) is 0 Å². The Morgan fingerprint density at radius 2 is 1.74 bits per heavy atom. The Bertz CT molecular complexity index is 219. The highest BCUT2D eigenvalue weighted by molar-refractivity contribution is 5.75. The predicted molar refractivity (Wildman–Crippen MR) is 74.3 cm³/mol. The SMILES string of the molecule is CCOC(=O)C(CCN(CCOC)CCOC)NC. The van der Waals surface area contributed by atoms with E-state index in [4.69, 9.17) is 14.2 Å². The van der Waals surface area contributed by atoms with E-state index in [0.717, 1.165) is 19.6 Å². The number of likely N-dealkylation sites (N-methyl/N-ethyl adjacent to an activating group) is 1. The van der Waals surface area contributed by atoms with E-state index in [1.165, 1.54) is 0 Å². The Kier molecular flexibility index (Phi) is 11.9. The maximum atomic E-state index is 11.7. The molecule has 6 heteroatoms. The second-order valence-corrected chi connectivity index (χ2v) is 4.21. The van der Waals surface area contributed by atoms with Crippen molar-refractivity contribution in [2.45, 2.75) is 19.4 Å². The molecule has 0 aromatic rings. The van der Waals surface area contributed by atoms with Crippen molar-refractivity contribution in [1.82, 2.24) is 10.2 Å². The topological polar surface area (TPSA) is 60.0 Å². The molecule has 0 aromatic carbocycles. The summed E-state index contributed by atoms with van der Waals surface area (Å²) in [5, 5.41) is 2.99. The molecule has 1 N–H and O–H groups in total. The van der Waals surface area contributed by atoms with Gasteiger partial charge < -0.3 is 19.5 Å². The quantitative estimate of drug-likeness (QED) is 0.511.